The van der Waals surface area contributed by atoms with E-state index in [9.17, 15) is 15.2 Å². The number of fused-ring (bicyclic) bond motifs is 3. The molecule has 0 aliphatic heterocycles. The molecule has 0 saturated carbocycles. The third kappa shape index (κ3) is 6.65. The Morgan fingerprint density at radius 1 is 0.685 bits per heavy atom. The molecule has 0 atom stereocenters. The molecule has 262 valence electrons. The van der Waals surface area contributed by atoms with Crippen molar-refractivity contribution < 1.29 is 48.9 Å². The van der Waals surface area contributed by atoms with Crippen molar-refractivity contribution in [2.45, 2.75) is 19.3 Å². The molecular formula is C43H31N2NaO4S4. The standard InChI is InChI=1S/C43H32N2O4S4.Na/c1-43(2)31-22-30(21-26(24-44)42(46)47)50-39(31)40-32(43)23-35(52-40)33-19-20-34(51-33)41-37(49-4)36(48-3)38(53-41)25-15-17-29(18-16-25)45(27-11-7-5-8-12-27)28-13-9-6-10-14-28;/h5-23H,1-4H3,(H,46,47);/q;+1/p-1/b26-21+;. The minimum atomic E-state index is -1.47. The van der Waals surface area contributed by atoms with Crippen molar-refractivity contribution >= 4 is 74.5 Å². The third-order valence-corrected chi connectivity index (χ3v) is 14.4. The second-order valence-electron chi connectivity index (χ2n) is 12.9. The van der Waals surface area contributed by atoms with Gasteiger partial charge in [0.05, 0.1) is 35.5 Å². The summed E-state index contributed by atoms with van der Waals surface area (Å²) < 4.78 is 12.0. The number of para-hydroxylation sites is 2. The first-order chi connectivity index (χ1) is 25.7. The molecule has 0 saturated heterocycles. The summed E-state index contributed by atoms with van der Waals surface area (Å²) >= 11 is 6.64. The summed E-state index contributed by atoms with van der Waals surface area (Å²) in [5, 5.41) is 20.6. The molecule has 6 nitrogen and oxygen atoms in total. The van der Waals surface area contributed by atoms with Gasteiger partial charge in [-0.15, -0.1) is 45.3 Å². The number of carbonyl (C=O) groups is 1. The summed E-state index contributed by atoms with van der Waals surface area (Å²) in [7, 11) is 3.38. The van der Waals surface area contributed by atoms with Crippen LogP contribution < -0.4 is 49.0 Å². The van der Waals surface area contributed by atoms with Gasteiger partial charge in [-0.05, 0) is 83.4 Å². The van der Waals surface area contributed by atoms with Crippen molar-refractivity contribution in [3.8, 4) is 57.3 Å². The van der Waals surface area contributed by atoms with Crippen LogP contribution >= 0.6 is 45.3 Å². The zero-order chi connectivity index (χ0) is 36.9. The first kappa shape index (κ1) is 37.9. The van der Waals surface area contributed by atoms with E-state index in [4.69, 9.17) is 9.47 Å². The van der Waals surface area contributed by atoms with Crippen LogP contribution in [0.1, 0.15) is 29.9 Å². The van der Waals surface area contributed by atoms with E-state index in [1.165, 1.54) is 32.7 Å². The van der Waals surface area contributed by atoms with E-state index < -0.39 is 5.97 Å². The van der Waals surface area contributed by atoms with Gasteiger partial charge in [-0.1, -0.05) is 62.4 Å². The number of ether oxygens (including phenoxy) is 2. The van der Waals surface area contributed by atoms with E-state index in [1.54, 1.807) is 54.3 Å². The summed E-state index contributed by atoms with van der Waals surface area (Å²) in [6, 6.07) is 39.6. The number of carboxylic acids is 1. The zero-order valence-electron chi connectivity index (χ0n) is 30.1. The largest absolute Gasteiger partial charge is 1.00 e. The Morgan fingerprint density at radius 2 is 1.24 bits per heavy atom. The average molecular weight is 791 g/mol. The van der Waals surface area contributed by atoms with E-state index in [2.05, 4.69) is 110 Å². The van der Waals surface area contributed by atoms with Crippen LogP contribution in [0.4, 0.5) is 17.1 Å². The van der Waals surface area contributed by atoms with Gasteiger partial charge in [-0.25, -0.2) is 0 Å². The van der Waals surface area contributed by atoms with Gasteiger partial charge in [-0.2, -0.15) is 5.26 Å². The topological polar surface area (TPSA) is 85.6 Å². The van der Waals surface area contributed by atoms with E-state index in [0.29, 0.717) is 11.5 Å². The predicted molar refractivity (Wildman–Crippen MR) is 218 cm³/mol. The Kier molecular flexibility index (Phi) is 10.8. The van der Waals surface area contributed by atoms with Crippen molar-refractivity contribution in [2.24, 2.45) is 0 Å². The van der Waals surface area contributed by atoms with Gasteiger partial charge >= 0.3 is 29.6 Å². The molecule has 7 aromatic rings. The Bertz CT molecular complexity index is 2520. The van der Waals surface area contributed by atoms with Crippen molar-refractivity contribution in [3.63, 3.8) is 0 Å². The molecule has 4 heterocycles. The summed E-state index contributed by atoms with van der Waals surface area (Å²) in [5.41, 5.74) is 6.02. The maximum atomic E-state index is 11.4. The number of thiophene rings is 4. The minimum Gasteiger partial charge on any atom is -0.544 e. The van der Waals surface area contributed by atoms with Crippen LogP contribution in [0.2, 0.25) is 0 Å². The van der Waals surface area contributed by atoms with Gasteiger partial charge in [0.1, 0.15) is 6.07 Å². The van der Waals surface area contributed by atoms with Gasteiger partial charge in [0.15, 0.2) is 11.5 Å². The van der Waals surface area contributed by atoms with Crippen LogP contribution in [0.15, 0.2) is 115 Å². The molecule has 0 N–H and O–H groups in total. The number of aliphatic carboxylic acids is 1. The number of anilines is 3. The van der Waals surface area contributed by atoms with Crippen molar-refractivity contribution in [1.82, 2.24) is 0 Å². The quantitative estimate of drug-likeness (QED) is 0.0787. The van der Waals surface area contributed by atoms with Crippen molar-refractivity contribution in [2.75, 3.05) is 19.1 Å². The normalized spacial score (nSPS) is 12.7. The fraction of sp³-hybridized carbons (Fsp3) is 0.116. The fourth-order valence-electron chi connectivity index (χ4n) is 6.76. The molecule has 11 heteroatoms. The molecule has 4 aromatic heterocycles. The number of methoxy groups -OCH3 is 2. The van der Waals surface area contributed by atoms with Crippen LogP contribution in [0.3, 0.4) is 0 Å². The number of carbonyl (C=O) groups excluding carboxylic acids is 1. The summed E-state index contributed by atoms with van der Waals surface area (Å²) in [6.07, 6.45) is 1.41. The van der Waals surface area contributed by atoms with Gasteiger partial charge < -0.3 is 24.3 Å². The maximum absolute atomic E-state index is 11.4. The van der Waals surface area contributed by atoms with Crippen LogP contribution in [-0.4, -0.2) is 20.2 Å². The Balaban J connectivity index is 0.00000450. The number of nitriles is 1. The second kappa shape index (κ2) is 15.4. The number of rotatable bonds is 10. The average Bonchev–Trinajstić information content (AvgIpc) is 4.00. The zero-order valence-corrected chi connectivity index (χ0v) is 35.4. The molecule has 54 heavy (non-hydrogen) atoms. The van der Waals surface area contributed by atoms with Gasteiger partial charge in [0, 0.05) is 51.7 Å². The van der Waals surface area contributed by atoms with Crippen LogP contribution in [-0.2, 0) is 10.2 Å². The van der Waals surface area contributed by atoms with E-state index in [0.717, 1.165) is 57.5 Å². The maximum Gasteiger partial charge on any atom is 1.00 e. The molecule has 0 unspecified atom stereocenters. The van der Waals surface area contributed by atoms with Crippen molar-refractivity contribution in [1.29, 1.82) is 5.26 Å². The van der Waals surface area contributed by atoms with Crippen molar-refractivity contribution in [3.05, 3.63) is 131 Å². The van der Waals surface area contributed by atoms with E-state index in [-0.39, 0.29) is 40.5 Å². The number of nitrogens with zero attached hydrogens (tertiary/aromatic N) is 2. The Hall–Kier alpha value is -4.44. The SMILES string of the molecule is COc1c(-c2ccc(N(c3ccccc3)c3ccccc3)cc2)sc(-c2ccc(-c3cc4c(s3)-c3sc(/C=C(\C#N)C(=O)[O-])cc3C4(C)C)s2)c1OC.[Na+]. The van der Waals surface area contributed by atoms with Crippen LogP contribution in [0.25, 0.3) is 45.8 Å². The molecule has 0 amide bonds. The van der Waals surface area contributed by atoms with E-state index in [1.807, 2.05) is 18.2 Å². The third-order valence-electron chi connectivity index (χ3n) is 9.38. The summed E-state index contributed by atoms with van der Waals surface area (Å²) in [4.78, 5) is 22.1. The van der Waals surface area contributed by atoms with E-state index >= 15 is 0 Å². The Labute approximate surface area is 352 Å². The van der Waals surface area contributed by atoms with Gasteiger partial charge in [0.2, 0.25) is 0 Å². The number of carboxylic acid groups (broad SMARTS) is 1. The molecule has 0 fully saturated rings. The van der Waals surface area contributed by atoms with Gasteiger partial charge in [-0.3, -0.25) is 0 Å². The molecule has 8 rings (SSSR count). The van der Waals surface area contributed by atoms with Gasteiger partial charge in [0.25, 0.3) is 0 Å². The Morgan fingerprint density at radius 3 is 1.83 bits per heavy atom. The van der Waals surface area contributed by atoms with Crippen LogP contribution in [0.5, 0.6) is 11.5 Å². The predicted octanol–water partition coefficient (Wildman–Crippen LogP) is 8.39. The molecular weight excluding hydrogens is 760 g/mol. The summed E-state index contributed by atoms with van der Waals surface area (Å²) in [6.45, 7) is 4.38. The second-order valence-corrected chi connectivity index (χ2v) is 17.1. The summed E-state index contributed by atoms with van der Waals surface area (Å²) in [5.74, 6) is -0.0395. The smallest absolute Gasteiger partial charge is 0.544 e. The molecule has 1 aliphatic carbocycles. The number of hydrogen-bond donors (Lipinski definition) is 0. The first-order valence-electron chi connectivity index (χ1n) is 16.7. The molecule has 0 bridgehead atoms. The minimum absolute atomic E-state index is 0. The fourth-order valence-corrected chi connectivity index (χ4v) is 11.9. The molecule has 0 radical (unpaired) electrons. The molecule has 3 aromatic carbocycles. The number of hydrogen-bond acceptors (Lipinski definition) is 10. The first-order valence-corrected chi connectivity index (χ1v) is 20.0. The van der Waals surface area contributed by atoms with Crippen LogP contribution in [0, 0.1) is 11.3 Å². The number of benzene rings is 3. The molecule has 1 aliphatic rings. The monoisotopic (exact) mass is 790 g/mol. The molecule has 0 spiro atoms.